The van der Waals surface area contributed by atoms with Crippen molar-refractivity contribution in [3.05, 3.63) is 64.8 Å². The minimum absolute atomic E-state index is 0.0278. The lowest BCUT2D eigenvalue weighted by Crippen LogP contribution is -2.28. The molecule has 0 N–H and O–H groups in total. The van der Waals surface area contributed by atoms with E-state index in [0.717, 1.165) is 31.6 Å². The van der Waals surface area contributed by atoms with Gasteiger partial charge in [-0.05, 0) is 31.4 Å². The zero-order valence-electron chi connectivity index (χ0n) is 11.7. The van der Waals surface area contributed by atoms with Gasteiger partial charge in [-0.1, -0.05) is 6.07 Å². The second-order valence-corrected chi connectivity index (χ2v) is 5.02. The van der Waals surface area contributed by atoms with E-state index in [4.69, 9.17) is 9.47 Å². The highest BCUT2D eigenvalue weighted by Crippen LogP contribution is 2.23. The average molecular weight is 286 g/mol. The smallest absolute Gasteiger partial charge is 0.181 e. The van der Waals surface area contributed by atoms with Crippen LogP contribution in [0.15, 0.2) is 53.7 Å². The second kappa shape index (κ2) is 6.65. The van der Waals surface area contributed by atoms with E-state index in [9.17, 15) is 4.79 Å². The average Bonchev–Trinajstić information content (AvgIpc) is 2.55. The van der Waals surface area contributed by atoms with Crippen molar-refractivity contribution in [3.63, 3.8) is 0 Å². The second-order valence-electron chi connectivity index (χ2n) is 5.02. The molecule has 1 aliphatic rings. The van der Waals surface area contributed by atoms with Crippen molar-refractivity contribution < 1.29 is 9.47 Å². The van der Waals surface area contributed by atoms with Gasteiger partial charge >= 0.3 is 0 Å². The molecule has 3 rings (SSSR count). The predicted octanol–water partition coefficient (Wildman–Crippen LogP) is 2.33. The number of nitrogens with zero attached hydrogens (tertiary/aromatic N) is 2. The molecule has 1 saturated heterocycles. The Hall–Kier alpha value is -1.98. The van der Waals surface area contributed by atoms with Crippen molar-refractivity contribution in [2.24, 2.45) is 0 Å². The fourth-order valence-electron chi connectivity index (χ4n) is 2.36. The summed E-state index contributed by atoms with van der Waals surface area (Å²) in [5, 5.41) is 0. The molecule has 0 amide bonds. The van der Waals surface area contributed by atoms with E-state index >= 15 is 0 Å². The van der Waals surface area contributed by atoms with Crippen LogP contribution < -0.4 is 5.43 Å². The van der Waals surface area contributed by atoms with Crippen LogP contribution in [-0.4, -0.2) is 22.4 Å². The Morgan fingerprint density at radius 3 is 2.76 bits per heavy atom. The molecular weight excluding hydrogens is 268 g/mol. The number of pyridine rings is 2. The SMILES string of the molecule is O=c1ccn(C(OC2CCCCO2)c2ccccn2)cc1. The van der Waals surface area contributed by atoms with E-state index in [1.54, 1.807) is 18.6 Å². The fourth-order valence-corrected chi connectivity index (χ4v) is 2.36. The summed E-state index contributed by atoms with van der Waals surface area (Å²) >= 11 is 0. The third-order valence-electron chi connectivity index (χ3n) is 3.45. The Bertz CT molecular complexity index is 600. The van der Waals surface area contributed by atoms with Crippen molar-refractivity contribution in [3.8, 4) is 0 Å². The maximum atomic E-state index is 11.3. The Kier molecular flexibility index (Phi) is 4.43. The standard InChI is InChI=1S/C16H18N2O3/c19-13-7-10-18(11-8-13)16(14-5-1-3-9-17-14)21-15-6-2-4-12-20-15/h1,3,5,7-11,15-16H,2,4,6,12H2. The maximum absolute atomic E-state index is 11.3. The van der Waals surface area contributed by atoms with Gasteiger partial charge in [0.2, 0.25) is 0 Å². The number of hydrogen-bond acceptors (Lipinski definition) is 4. The van der Waals surface area contributed by atoms with Crippen LogP contribution in [0.4, 0.5) is 0 Å². The lowest BCUT2D eigenvalue weighted by Gasteiger charge is -2.28. The number of rotatable bonds is 4. The van der Waals surface area contributed by atoms with E-state index in [0.29, 0.717) is 0 Å². The third-order valence-corrected chi connectivity index (χ3v) is 3.45. The first kappa shape index (κ1) is 14.0. The van der Waals surface area contributed by atoms with E-state index in [1.807, 2.05) is 22.8 Å². The minimum atomic E-state index is -0.394. The summed E-state index contributed by atoms with van der Waals surface area (Å²) in [6.07, 6.45) is 7.59. The van der Waals surface area contributed by atoms with Gasteiger partial charge in [0.05, 0.1) is 5.69 Å². The van der Waals surface area contributed by atoms with Crippen LogP contribution in [0.25, 0.3) is 0 Å². The first-order chi connectivity index (χ1) is 10.3. The third kappa shape index (κ3) is 3.56. The molecule has 0 aromatic carbocycles. The van der Waals surface area contributed by atoms with E-state index in [2.05, 4.69) is 4.98 Å². The van der Waals surface area contributed by atoms with Gasteiger partial charge in [0, 0.05) is 37.3 Å². The molecule has 2 unspecified atom stereocenters. The molecular formula is C16H18N2O3. The summed E-state index contributed by atoms with van der Waals surface area (Å²) < 4.78 is 13.6. The Balaban J connectivity index is 1.87. The van der Waals surface area contributed by atoms with Crippen LogP contribution in [0.5, 0.6) is 0 Å². The largest absolute Gasteiger partial charge is 0.353 e. The molecule has 0 saturated carbocycles. The van der Waals surface area contributed by atoms with Crippen LogP contribution in [0.2, 0.25) is 0 Å². The number of ether oxygens (including phenoxy) is 2. The van der Waals surface area contributed by atoms with Crippen molar-refractivity contribution in [1.82, 2.24) is 9.55 Å². The summed E-state index contributed by atoms with van der Waals surface area (Å²) in [7, 11) is 0. The van der Waals surface area contributed by atoms with Gasteiger partial charge in [0.25, 0.3) is 0 Å². The lowest BCUT2D eigenvalue weighted by atomic mass is 10.2. The summed E-state index contributed by atoms with van der Waals surface area (Å²) in [6, 6.07) is 8.72. The van der Waals surface area contributed by atoms with E-state index < -0.39 is 6.23 Å². The highest BCUT2D eigenvalue weighted by molar-refractivity contribution is 5.09. The zero-order valence-corrected chi connectivity index (χ0v) is 11.7. The molecule has 2 aromatic rings. The Morgan fingerprint density at radius 2 is 2.10 bits per heavy atom. The Morgan fingerprint density at radius 1 is 1.24 bits per heavy atom. The topological polar surface area (TPSA) is 53.4 Å². The molecule has 0 bridgehead atoms. The van der Waals surface area contributed by atoms with Gasteiger partial charge in [0.15, 0.2) is 17.9 Å². The quantitative estimate of drug-likeness (QED) is 0.865. The molecule has 0 aliphatic carbocycles. The predicted molar refractivity (Wildman–Crippen MR) is 77.8 cm³/mol. The van der Waals surface area contributed by atoms with Gasteiger partial charge in [-0.15, -0.1) is 0 Å². The molecule has 21 heavy (non-hydrogen) atoms. The van der Waals surface area contributed by atoms with Crippen molar-refractivity contribution in [2.45, 2.75) is 31.8 Å². The van der Waals surface area contributed by atoms with Gasteiger partial charge in [-0.3, -0.25) is 9.78 Å². The van der Waals surface area contributed by atoms with Gasteiger partial charge in [0.1, 0.15) is 0 Å². The van der Waals surface area contributed by atoms with Gasteiger partial charge < -0.3 is 14.0 Å². The lowest BCUT2D eigenvalue weighted by molar-refractivity contribution is -0.196. The van der Waals surface area contributed by atoms with Gasteiger partial charge in [-0.2, -0.15) is 0 Å². The number of aromatic nitrogens is 2. The molecule has 110 valence electrons. The summed E-state index contributed by atoms with van der Waals surface area (Å²) in [5.74, 6) is 0. The first-order valence-corrected chi connectivity index (χ1v) is 7.19. The van der Waals surface area contributed by atoms with Crippen LogP contribution in [0.3, 0.4) is 0 Å². The highest BCUT2D eigenvalue weighted by atomic mass is 16.7. The van der Waals surface area contributed by atoms with Crippen LogP contribution >= 0.6 is 0 Å². The molecule has 0 radical (unpaired) electrons. The number of hydrogen-bond donors (Lipinski definition) is 0. The molecule has 5 nitrogen and oxygen atoms in total. The molecule has 2 aromatic heterocycles. The molecule has 3 heterocycles. The Labute approximate surface area is 123 Å². The minimum Gasteiger partial charge on any atom is -0.353 e. The maximum Gasteiger partial charge on any atom is 0.181 e. The zero-order chi connectivity index (χ0) is 14.5. The molecule has 2 atom stereocenters. The van der Waals surface area contributed by atoms with Crippen LogP contribution in [-0.2, 0) is 9.47 Å². The normalized spacial score (nSPS) is 20.1. The van der Waals surface area contributed by atoms with E-state index in [-0.39, 0.29) is 11.7 Å². The molecule has 5 heteroatoms. The van der Waals surface area contributed by atoms with E-state index in [1.165, 1.54) is 12.1 Å². The van der Waals surface area contributed by atoms with Crippen molar-refractivity contribution in [1.29, 1.82) is 0 Å². The van der Waals surface area contributed by atoms with Crippen molar-refractivity contribution >= 4 is 0 Å². The summed E-state index contributed by atoms with van der Waals surface area (Å²) in [4.78, 5) is 15.6. The molecule has 1 aliphatic heterocycles. The highest BCUT2D eigenvalue weighted by Gasteiger charge is 2.22. The summed E-state index contributed by atoms with van der Waals surface area (Å²) in [5.41, 5.74) is 0.759. The monoisotopic (exact) mass is 286 g/mol. The first-order valence-electron chi connectivity index (χ1n) is 7.19. The fraction of sp³-hybridized carbons (Fsp3) is 0.375. The van der Waals surface area contributed by atoms with Crippen LogP contribution in [0.1, 0.15) is 31.2 Å². The van der Waals surface area contributed by atoms with Gasteiger partial charge in [-0.25, -0.2) is 0 Å². The van der Waals surface area contributed by atoms with Crippen LogP contribution in [0, 0.1) is 0 Å². The van der Waals surface area contributed by atoms with Crippen molar-refractivity contribution in [2.75, 3.05) is 6.61 Å². The molecule has 1 fully saturated rings. The summed E-state index contributed by atoms with van der Waals surface area (Å²) in [6.45, 7) is 0.726. The molecule has 0 spiro atoms.